The topological polar surface area (TPSA) is 169 Å². The van der Waals surface area contributed by atoms with Crippen LogP contribution >= 0.6 is 0 Å². The van der Waals surface area contributed by atoms with Crippen LogP contribution in [0.15, 0.2) is 46.3 Å². The van der Waals surface area contributed by atoms with E-state index in [-0.39, 0.29) is 31.1 Å². The van der Waals surface area contributed by atoms with Crippen LogP contribution in [0.3, 0.4) is 0 Å². The van der Waals surface area contributed by atoms with Gasteiger partial charge in [0.2, 0.25) is 10.0 Å². The van der Waals surface area contributed by atoms with Crippen LogP contribution in [-0.4, -0.2) is 38.1 Å². The molecule has 0 saturated carbocycles. The summed E-state index contributed by atoms with van der Waals surface area (Å²) < 4.78 is 73.8. The summed E-state index contributed by atoms with van der Waals surface area (Å²) >= 11 is 0. The fraction of sp³-hybridized carbons (Fsp3) is 0.222. The molecule has 32 heavy (non-hydrogen) atoms. The summed E-state index contributed by atoms with van der Waals surface area (Å²) in [6, 6.07) is 3.75. The molecule has 0 spiro atoms. The molecule has 2 rings (SSSR count). The second-order valence-corrected chi connectivity index (χ2v) is 8.08. The van der Waals surface area contributed by atoms with Gasteiger partial charge in [-0.05, 0) is 49.2 Å². The van der Waals surface area contributed by atoms with Crippen molar-refractivity contribution >= 4 is 21.9 Å². The van der Waals surface area contributed by atoms with Gasteiger partial charge >= 0.3 is 0 Å². The smallest absolute Gasteiger partial charge is 0.261 e. The molecule has 0 fully saturated rings. The third-order valence-electron chi connectivity index (χ3n) is 3.99. The van der Waals surface area contributed by atoms with Gasteiger partial charge < -0.3 is 16.2 Å². The van der Waals surface area contributed by atoms with E-state index >= 15 is 0 Å². The minimum absolute atomic E-state index is 0.0674. The Morgan fingerprint density at radius 1 is 1.12 bits per heavy atom. The Kier molecular flexibility index (Phi) is 8.40. The first kappa shape index (κ1) is 24.9. The number of amides is 1. The Morgan fingerprint density at radius 3 is 2.25 bits per heavy atom. The van der Waals surface area contributed by atoms with Gasteiger partial charge in [-0.1, -0.05) is 0 Å². The molecule has 2 aromatic carbocycles. The van der Waals surface area contributed by atoms with Crippen LogP contribution in [0.25, 0.3) is 0 Å². The number of nitrogens with two attached hydrogens (primary N) is 2. The maximum absolute atomic E-state index is 14.4. The molecule has 0 aromatic heterocycles. The van der Waals surface area contributed by atoms with Crippen molar-refractivity contribution in [2.75, 3.05) is 6.54 Å². The van der Waals surface area contributed by atoms with Crippen LogP contribution in [0.1, 0.15) is 12.8 Å². The number of ether oxygens (including phenoxy) is 1. The van der Waals surface area contributed by atoms with Gasteiger partial charge in [-0.3, -0.25) is 15.0 Å². The first-order chi connectivity index (χ1) is 15.0. The average molecular weight is 475 g/mol. The molecule has 10 nitrogen and oxygen atoms in total. The van der Waals surface area contributed by atoms with Crippen LogP contribution in [0.5, 0.6) is 11.5 Å². The summed E-state index contributed by atoms with van der Waals surface area (Å²) in [5, 5.41) is 8.84. The number of nitrogens with one attached hydrogen (secondary N) is 2. The fourth-order valence-electron chi connectivity index (χ4n) is 2.49. The van der Waals surface area contributed by atoms with Gasteiger partial charge in [0.15, 0.2) is 23.3 Å². The summed E-state index contributed by atoms with van der Waals surface area (Å²) in [7, 11) is -4.60. The van der Waals surface area contributed by atoms with E-state index in [0.29, 0.717) is 12.1 Å². The standard InChI is InChI=1S/C18H20F3N5O5S/c19-10-3-5-11(6-4-10)31-16-13(20)8-12(9-14(16)21)32(29,30)26-15(17(27)25-28)2-1-7-24-18(22)23/h3-6,8-9,15,26,28H,1-2,7H2,(H,25,27)(H4,22,23,24)/t15-/m0/s1. The van der Waals surface area contributed by atoms with Gasteiger partial charge in [0.05, 0.1) is 4.90 Å². The van der Waals surface area contributed by atoms with E-state index < -0.39 is 50.1 Å². The molecule has 0 unspecified atom stereocenters. The largest absolute Gasteiger partial charge is 0.451 e. The van der Waals surface area contributed by atoms with Crippen LogP contribution in [0.2, 0.25) is 0 Å². The molecule has 0 radical (unpaired) electrons. The van der Waals surface area contributed by atoms with Gasteiger partial charge in [-0.25, -0.2) is 27.1 Å². The number of halogens is 3. The van der Waals surface area contributed by atoms with E-state index in [9.17, 15) is 26.4 Å². The molecule has 7 N–H and O–H groups in total. The lowest BCUT2D eigenvalue weighted by Crippen LogP contribution is -2.45. The molecule has 174 valence electrons. The van der Waals surface area contributed by atoms with E-state index in [4.69, 9.17) is 21.4 Å². The monoisotopic (exact) mass is 475 g/mol. The lowest BCUT2D eigenvalue weighted by atomic mass is 10.1. The summed E-state index contributed by atoms with van der Waals surface area (Å²) in [4.78, 5) is 14.6. The number of aliphatic imine (C=N–C) groups is 1. The highest BCUT2D eigenvalue weighted by Crippen LogP contribution is 2.30. The summed E-state index contributed by atoms with van der Waals surface area (Å²) in [6.07, 6.45) is 0.00477. The fourth-order valence-corrected chi connectivity index (χ4v) is 3.74. The zero-order valence-electron chi connectivity index (χ0n) is 16.4. The van der Waals surface area contributed by atoms with E-state index in [1.165, 1.54) is 5.48 Å². The van der Waals surface area contributed by atoms with Crippen molar-refractivity contribution < 1.29 is 36.3 Å². The number of rotatable bonds is 10. The number of hydroxylamine groups is 1. The Labute approximate surface area is 181 Å². The molecule has 0 heterocycles. The van der Waals surface area contributed by atoms with Gasteiger partial charge in [-0.2, -0.15) is 4.72 Å². The summed E-state index contributed by atoms with van der Waals surface area (Å²) in [5.74, 6) is -5.60. The molecule has 1 amide bonds. The quantitative estimate of drug-likeness (QED) is 0.113. The number of carbonyl (C=O) groups excluding carboxylic acids is 1. The van der Waals surface area contributed by atoms with Crippen LogP contribution < -0.4 is 26.4 Å². The van der Waals surface area contributed by atoms with Crippen LogP contribution in [0.4, 0.5) is 13.2 Å². The highest BCUT2D eigenvalue weighted by Gasteiger charge is 2.27. The second kappa shape index (κ2) is 10.8. The first-order valence-corrected chi connectivity index (χ1v) is 10.5. The van der Waals surface area contributed by atoms with Crippen LogP contribution in [-0.2, 0) is 14.8 Å². The van der Waals surface area contributed by atoms with Gasteiger partial charge in [-0.15, -0.1) is 0 Å². The van der Waals surface area contributed by atoms with E-state index in [1.807, 2.05) is 4.72 Å². The Hall–Kier alpha value is -3.36. The normalized spacial score (nSPS) is 12.1. The predicted octanol–water partition coefficient (Wildman–Crippen LogP) is 1.10. The number of hydrogen-bond acceptors (Lipinski definition) is 6. The van der Waals surface area contributed by atoms with Crippen molar-refractivity contribution in [3.8, 4) is 11.5 Å². The van der Waals surface area contributed by atoms with Crippen molar-refractivity contribution in [3.05, 3.63) is 53.8 Å². The molecule has 0 aliphatic heterocycles. The molecule has 0 aliphatic carbocycles. The third kappa shape index (κ3) is 6.83. The number of carbonyl (C=O) groups is 1. The number of benzene rings is 2. The Bertz CT molecular complexity index is 1070. The SMILES string of the molecule is NC(N)=NCCC[C@H](NS(=O)(=O)c1cc(F)c(Oc2ccc(F)cc2)c(F)c1)C(=O)NO. The lowest BCUT2D eigenvalue weighted by molar-refractivity contribution is -0.131. The molecule has 2 aromatic rings. The molecule has 0 bridgehead atoms. The van der Waals surface area contributed by atoms with Gasteiger partial charge in [0.1, 0.15) is 17.6 Å². The second-order valence-electron chi connectivity index (χ2n) is 6.37. The number of sulfonamides is 1. The summed E-state index contributed by atoms with van der Waals surface area (Å²) in [6.45, 7) is 0.0674. The van der Waals surface area contributed by atoms with Crippen molar-refractivity contribution in [3.63, 3.8) is 0 Å². The highest BCUT2D eigenvalue weighted by molar-refractivity contribution is 7.89. The predicted molar refractivity (Wildman–Crippen MR) is 107 cm³/mol. The number of hydrogen-bond donors (Lipinski definition) is 5. The van der Waals surface area contributed by atoms with Crippen molar-refractivity contribution in [1.82, 2.24) is 10.2 Å². The molecule has 14 heteroatoms. The average Bonchev–Trinajstić information content (AvgIpc) is 2.73. The van der Waals surface area contributed by atoms with E-state index in [0.717, 1.165) is 24.3 Å². The van der Waals surface area contributed by atoms with Crippen LogP contribution in [0, 0.1) is 17.5 Å². The first-order valence-electron chi connectivity index (χ1n) is 8.97. The van der Waals surface area contributed by atoms with Gasteiger partial charge in [0, 0.05) is 6.54 Å². The highest BCUT2D eigenvalue weighted by atomic mass is 32.2. The summed E-state index contributed by atoms with van der Waals surface area (Å²) in [5.41, 5.74) is 11.6. The number of guanidine groups is 1. The minimum atomic E-state index is -4.60. The Morgan fingerprint density at radius 2 is 1.72 bits per heavy atom. The maximum atomic E-state index is 14.4. The Balaban J connectivity index is 2.22. The minimum Gasteiger partial charge on any atom is -0.451 e. The van der Waals surface area contributed by atoms with Crippen molar-refractivity contribution in [1.29, 1.82) is 0 Å². The third-order valence-corrected chi connectivity index (χ3v) is 5.44. The molecule has 0 aliphatic rings. The molecular formula is C18H20F3N5O5S. The maximum Gasteiger partial charge on any atom is 0.261 e. The molecule has 0 saturated heterocycles. The zero-order valence-corrected chi connectivity index (χ0v) is 17.2. The van der Waals surface area contributed by atoms with Crippen molar-refractivity contribution in [2.24, 2.45) is 16.5 Å². The number of nitrogens with zero attached hydrogens (tertiary/aromatic N) is 1. The van der Waals surface area contributed by atoms with Gasteiger partial charge in [0.25, 0.3) is 5.91 Å². The lowest BCUT2D eigenvalue weighted by Gasteiger charge is -2.17. The molecular weight excluding hydrogens is 455 g/mol. The zero-order chi connectivity index (χ0) is 23.9. The van der Waals surface area contributed by atoms with E-state index in [1.54, 1.807) is 0 Å². The molecule has 1 atom stereocenters. The van der Waals surface area contributed by atoms with Crippen molar-refractivity contribution in [2.45, 2.75) is 23.8 Å². The van der Waals surface area contributed by atoms with E-state index in [2.05, 4.69) is 4.99 Å².